The van der Waals surface area contributed by atoms with Gasteiger partial charge in [-0.3, -0.25) is 9.59 Å². The predicted octanol–water partition coefficient (Wildman–Crippen LogP) is 23.8. The second-order valence-electron chi connectivity index (χ2n) is 27.7. The lowest BCUT2D eigenvalue weighted by Gasteiger charge is -2.25. The Balaban J connectivity index is 3.88. The van der Waals surface area contributed by atoms with Crippen LogP contribution in [-0.4, -0.2) is 87.4 Å². The highest BCUT2D eigenvalue weighted by molar-refractivity contribution is 5.71. The lowest BCUT2D eigenvalue weighted by Crippen LogP contribution is -2.40. The topological polar surface area (TPSA) is 108 Å². The molecule has 9 heteroatoms. The summed E-state index contributed by atoms with van der Waals surface area (Å²) in [4.78, 5) is 37.6. The molecule has 0 aromatic rings. The van der Waals surface area contributed by atoms with Crippen molar-refractivity contribution in [2.24, 2.45) is 0 Å². The number of quaternary nitrogens is 1. The van der Waals surface area contributed by atoms with Crippen molar-refractivity contribution in [2.75, 3.05) is 47.5 Å². The van der Waals surface area contributed by atoms with Crippen LogP contribution in [0.3, 0.4) is 0 Å². The Labute approximate surface area is 530 Å². The maximum atomic E-state index is 12.9. The van der Waals surface area contributed by atoms with Crippen molar-refractivity contribution in [1.82, 2.24) is 0 Å². The molecule has 0 radical (unpaired) electrons. The van der Waals surface area contributed by atoms with Crippen LogP contribution in [0.2, 0.25) is 0 Å². The number of nitrogens with zero attached hydrogens (tertiary/aromatic N) is 1. The minimum Gasteiger partial charge on any atom is -0.477 e. The fourth-order valence-electron chi connectivity index (χ4n) is 12.0. The maximum Gasteiger partial charge on any atom is 0.361 e. The standard InChI is InChI=1S/C76H149NO8/c1-6-8-10-12-14-16-18-20-22-24-26-27-28-29-30-31-32-33-34-35-36-37-38-39-40-41-42-43-44-45-46-47-49-51-53-55-57-59-61-63-65-67-74(79)85-72(71-84-76(75(80)81)82-69-68-77(3,4)5)70-83-73(78)66-64-62-60-58-56-54-52-50-48-25-23-21-19-17-15-13-11-9-7-2/h72,76H,6-71H2,1-5H3/p+1. The first-order valence-corrected chi connectivity index (χ1v) is 38.2. The van der Waals surface area contributed by atoms with Gasteiger partial charge >= 0.3 is 17.9 Å². The first kappa shape index (κ1) is 83.3. The van der Waals surface area contributed by atoms with E-state index in [-0.39, 0.29) is 38.2 Å². The Kier molecular flexibility index (Phi) is 66.8. The van der Waals surface area contributed by atoms with Gasteiger partial charge in [-0.25, -0.2) is 4.79 Å². The summed E-state index contributed by atoms with van der Waals surface area (Å²) in [5, 5.41) is 9.74. The molecule has 85 heavy (non-hydrogen) atoms. The molecule has 0 rings (SSSR count). The average molecular weight is 1210 g/mol. The highest BCUT2D eigenvalue weighted by atomic mass is 16.7. The number of ether oxygens (including phenoxy) is 4. The highest BCUT2D eigenvalue weighted by Crippen LogP contribution is 2.20. The van der Waals surface area contributed by atoms with E-state index in [1.54, 1.807) is 0 Å². The minimum atomic E-state index is -1.50. The molecule has 506 valence electrons. The third-order valence-electron chi connectivity index (χ3n) is 17.9. The molecule has 1 N–H and O–H groups in total. The molecule has 0 spiro atoms. The molecule has 0 saturated heterocycles. The molecule has 0 aromatic heterocycles. The van der Waals surface area contributed by atoms with Gasteiger partial charge < -0.3 is 28.5 Å². The number of hydrogen-bond acceptors (Lipinski definition) is 7. The van der Waals surface area contributed by atoms with E-state index < -0.39 is 18.4 Å². The molecule has 0 amide bonds. The van der Waals surface area contributed by atoms with Gasteiger partial charge in [0.15, 0.2) is 6.10 Å². The molecule has 0 fully saturated rings. The summed E-state index contributed by atoms with van der Waals surface area (Å²) in [6.07, 6.45) is 79.8. The Morgan fingerprint density at radius 1 is 0.306 bits per heavy atom. The van der Waals surface area contributed by atoms with Gasteiger partial charge in [0.2, 0.25) is 0 Å². The molecular formula is C76H150NO8+. The number of carbonyl (C=O) groups excluding carboxylic acids is 2. The minimum absolute atomic E-state index is 0.172. The van der Waals surface area contributed by atoms with Gasteiger partial charge in [0, 0.05) is 12.8 Å². The maximum absolute atomic E-state index is 12.9. The van der Waals surface area contributed by atoms with Crippen molar-refractivity contribution in [3.05, 3.63) is 0 Å². The Bertz CT molecular complexity index is 1350. The molecule has 2 unspecified atom stereocenters. The summed E-state index contributed by atoms with van der Waals surface area (Å²) in [5.41, 5.74) is 0. The van der Waals surface area contributed by atoms with Crippen molar-refractivity contribution >= 4 is 17.9 Å². The van der Waals surface area contributed by atoms with Crippen LogP contribution in [0.4, 0.5) is 0 Å². The van der Waals surface area contributed by atoms with Crippen molar-refractivity contribution in [3.63, 3.8) is 0 Å². The molecule has 0 aliphatic rings. The van der Waals surface area contributed by atoms with Crippen molar-refractivity contribution in [3.8, 4) is 0 Å². The van der Waals surface area contributed by atoms with E-state index in [2.05, 4.69) is 13.8 Å². The number of unbranched alkanes of at least 4 members (excludes halogenated alkanes) is 58. The lowest BCUT2D eigenvalue weighted by atomic mass is 10.0. The fourth-order valence-corrected chi connectivity index (χ4v) is 12.0. The molecular weight excluding hydrogens is 1050 g/mol. The molecule has 9 nitrogen and oxygen atoms in total. The average Bonchev–Trinajstić information content (AvgIpc) is 3.49. The molecule has 0 saturated carbocycles. The summed E-state index contributed by atoms with van der Waals surface area (Å²) in [6, 6.07) is 0. The Hall–Kier alpha value is -1.71. The number of carboxylic acids is 1. The molecule has 0 aliphatic carbocycles. The van der Waals surface area contributed by atoms with Crippen LogP contribution in [0.25, 0.3) is 0 Å². The summed E-state index contributed by atoms with van der Waals surface area (Å²) in [6.45, 7) is 4.97. The molecule has 0 aromatic carbocycles. The van der Waals surface area contributed by atoms with Crippen molar-refractivity contribution < 1.29 is 42.9 Å². The van der Waals surface area contributed by atoms with E-state index in [4.69, 9.17) is 18.9 Å². The number of carboxylic acid groups (broad SMARTS) is 1. The quantitative estimate of drug-likeness (QED) is 0.0278. The second kappa shape index (κ2) is 68.2. The van der Waals surface area contributed by atoms with Crippen LogP contribution in [0.5, 0.6) is 0 Å². The zero-order chi connectivity index (χ0) is 61.9. The van der Waals surface area contributed by atoms with Crippen LogP contribution in [0.15, 0.2) is 0 Å². The number of esters is 2. The summed E-state index contributed by atoms with van der Waals surface area (Å²) in [5.74, 6) is -1.97. The fraction of sp³-hybridized carbons (Fsp3) is 0.961. The van der Waals surface area contributed by atoms with E-state index >= 15 is 0 Å². The molecule has 0 bridgehead atoms. The van der Waals surface area contributed by atoms with Crippen LogP contribution < -0.4 is 0 Å². The van der Waals surface area contributed by atoms with E-state index in [0.717, 1.165) is 38.5 Å². The Morgan fingerprint density at radius 3 is 0.753 bits per heavy atom. The number of aliphatic carboxylic acids is 1. The van der Waals surface area contributed by atoms with Gasteiger partial charge in [-0.05, 0) is 12.8 Å². The van der Waals surface area contributed by atoms with E-state index in [0.29, 0.717) is 17.4 Å². The number of carbonyl (C=O) groups is 3. The monoisotopic (exact) mass is 1210 g/mol. The second-order valence-corrected chi connectivity index (χ2v) is 27.7. The van der Waals surface area contributed by atoms with Crippen LogP contribution in [0, 0.1) is 0 Å². The molecule has 0 heterocycles. The molecule has 2 atom stereocenters. The van der Waals surface area contributed by atoms with Gasteiger partial charge in [0.25, 0.3) is 6.29 Å². The Morgan fingerprint density at radius 2 is 0.529 bits per heavy atom. The summed E-state index contributed by atoms with van der Waals surface area (Å²) >= 11 is 0. The van der Waals surface area contributed by atoms with Crippen molar-refractivity contribution in [2.45, 2.75) is 424 Å². The van der Waals surface area contributed by atoms with E-state index in [1.807, 2.05) is 21.1 Å². The number of likely N-dealkylation sites (N-methyl/N-ethyl adjacent to an activating group) is 1. The van der Waals surface area contributed by atoms with Crippen molar-refractivity contribution in [1.29, 1.82) is 0 Å². The van der Waals surface area contributed by atoms with E-state index in [1.165, 1.54) is 347 Å². The normalized spacial score (nSPS) is 12.5. The SMILES string of the molecule is CCCCCCCCCCCCCCCCCCCCCCCCCCCCCCCCCCCCCCCCCCCC(=O)OC(COC(=O)CCCCCCCCCCCCCCCCCCCCC)COC(OCC[N+](C)(C)C)C(=O)O. The van der Waals surface area contributed by atoms with Crippen LogP contribution in [-0.2, 0) is 33.3 Å². The number of rotatable bonds is 73. The van der Waals surface area contributed by atoms with Crippen LogP contribution >= 0.6 is 0 Å². The van der Waals surface area contributed by atoms with Crippen LogP contribution in [0.1, 0.15) is 412 Å². The van der Waals surface area contributed by atoms with Gasteiger partial charge in [-0.2, -0.15) is 0 Å². The van der Waals surface area contributed by atoms with Gasteiger partial charge in [0.1, 0.15) is 13.2 Å². The first-order chi connectivity index (χ1) is 41.6. The van der Waals surface area contributed by atoms with Gasteiger partial charge in [0.05, 0.1) is 34.4 Å². The largest absolute Gasteiger partial charge is 0.477 e. The first-order valence-electron chi connectivity index (χ1n) is 38.2. The smallest absolute Gasteiger partial charge is 0.361 e. The highest BCUT2D eigenvalue weighted by Gasteiger charge is 2.25. The third-order valence-corrected chi connectivity index (χ3v) is 17.9. The lowest BCUT2D eigenvalue weighted by molar-refractivity contribution is -0.870. The van der Waals surface area contributed by atoms with E-state index in [9.17, 15) is 19.5 Å². The number of hydrogen-bond donors (Lipinski definition) is 1. The summed E-state index contributed by atoms with van der Waals surface area (Å²) in [7, 11) is 6.00. The zero-order valence-corrected chi connectivity index (χ0v) is 58.1. The zero-order valence-electron chi connectivity index (χ0n) is 58.1. The van der Waals surface area contributed by atoms with Gasteiger partial charge in [-0.1, -0.05) is 386 Å². The van der Waals surface area contributed by atoms with Gasteiger partial charge in [-0.15, -0.1) is 0 Å². The third kappa shape index (κ3) is 69.6. The predicted molar refractivity (Wildman–Crippen MR) is 365 cm³/mol. The molecule has 0 aliphatic heterocycles. The summed E-state index contributed by atoms with van der Waals surface area (Å²) < 4.78 is 23.0.